The Labute approximate surface area is 139 Å². The summed E-state index contributed by atoms with van der Waals surface area (Å²) in [5, 5.41) is 6.97. The number of hydrogen-bond donors (Lipinski definition) is 1. The van der Waals surface area contributed by atoms with E-state index in [9.17, 15) is 0 Å². The second kappa shape index (κ2) is 6.08. The fraction of sp³-hybridized carbons (Fsp3) is 0.750. The Hall–Kier alpha value is 0.320. The molecule has 5 heteroatoms. The molecule has 0 unspecified atom stereocenters. The van der Waals surface area contributed by atoms with Gasteiger partial charge in [0, 0.05) is 29.7 Å². The normalized spacial score (nSPS) is 39.6. The molecule has 4 heterocycles. The van der Waals surface area contributed by atoms with Gasteiger partial charge in [0.15, 0.2) is 0 Å². The summed E-state index contributed by atoms with van der Waals surface area (Å²) < 4.78 is 7.69. The minimum absolute atomic E-state index is 0.188. The van der Waals surface area contributed by atoms with Crippen LogP contribution in [0, 0.1) is 0 Å². The summed E-state index contributed by atoms with van der Waals surface area (Å²) in [6.45, 7) is 3.30. The fourth-order valence-electron chi connectivity index (χ4n) is 3.82. The van der Waals surface area contributed by atoms with Crippen molar-refractivity contribution in [3.63, 3.8) is 0 Å². The van der Waals surface area contributed by atoms with Crippen LogP contribution in [0.25, 0.3) is 0 Å². The van der Waals surface area contributed by atoms with E-state index in [1.165, 1.54) is 41.4 Å². The third-order valence-corrected chi connectivity index (χ3v) is 8.47. The molecule has 0 saturated carbocycles. The molecule has 0 radical (unpaired) electrons. The Bertz CT molecular complexity index is 497. The molecular weight excluding hydrogens is 318 g/mol. The van der Waals surface area contributed by atoms with E-state index < -0.39 is 0 Å². The van der Waals surface area contributed by atoms with Crippen LogP contribution < -0.4 is 5.32 Å². The molecule has 116 valence electrons. The predicted molar refractivity (Wildman–Crippen MR) is 93.8 cm³/mol. The van der Waals surface area contributed by atoms with E-state index in [1.54, 1.807) is 5.56 Å². The van der Waals surface area contributed by atoms with Crippen molar-refractivity contribution in [1.29, 1.82) is 0 Å². The molecule has 0 aliphatic carbocycles. The molecule has 3 aliphatic rings. The van der Waals surface area contributed by atoms with E-state index in [4.69, 9.17) is 4.74 Å². The van der Waals surface area contributed by atoms with Crippen LogP contribution in [0.2, 0.25) is 0 Å². The zero-order valence-corrected chi connectivity index (χ0v) is 14.9. The van der Waals surface area contributed by atoms with Crippen LogP contribution in [0.3, 0.4) is 0 Å². The van der Waals surface area contributed by atoms with Crippen molar-refractivity contribution in [2.45, 2.75) is 59.8 Å². The first-order chi connectivity index (χ1) is 10.2. The van der Waals surface area contributed by atoms with Crippen molar-refractivity contribution in [3.05, 3.63) is 17.0 Å². The molecule has 3 aliphatic heterocycles. The minimum Gasteiger partial charge on any atom is -0.374 e. The Kier molecular flexibility index (Phi) is 4.31. The Morgan fingerprint density at radius 3 is 3.24 bits per heavy atom. The first kappa shape index (κ1) is 14.9. The number of thiophene rings is 1. The molecule has 0 aromatic carbocycles. The lowest BCUT2D eigenvalue weighted by atomic mass is 9.89. The molecule has 0 amide bonds. The van der Waals surface area contributed by atoms with Crippen molar-refractivity contribution >= 4 is 34.9 Å². The van der Waals surface area contributed by atoms with Crippen LogP contribution in [0.5, 0.6) is 0 Å². The topological polar surface area (TPSA) is 21.3 Å². The molecule has 4 rings (SSSR count). The SMILES string of the molecule is C[C@H]1C[C@H](N[C@@H]2CCO[C@]3(CCSC3)C2)c2ccsc2S1. The number of thioether (sulfide) groups is 2. The van der Waals surface area contributed by atoms with Gasteiger partial charge in [0.1, 0.15) is 0 Å². The van der Waals surface area contributed by atoms with Gasteiger partial charge in [-0.2, -0.15) is 11.8 Å². The Balaban J connectivity index is 1.46. The van der Waals surface area contributed by atoms with Crippen molar-refractivity contribution in [2.75, 3.05) is 18.1 Å². The van der Waals surface area contributed by atoms with Crippen LogP contribution in [-0.4, -0.2) is 35.0 Å². The molecule has 21 heavy (non-hydrogen) atoms. The van der Waals surface area contributed by atoms with Gasteiger partial charge in [-0.05, 0) is 48.4 Å². The molecule has 1 spiro atoms. The molecule has 2 saturated heterocycles. The average Bonchev–Trinajstić information content (AvgIpc) is 3.08. The monoisotopic (exact) mass is 341 g/mol. The minimum atomic E-state index is 0.188. The van der Waals surface area contributed by atoms with Gasteiger partial charge in [-0.3, -0.25) is 0 Å². The first-order valence-corrected chi connectivity index (χ1v) is 10.9. The summed E-state index contributed by atoms with van der Waals surface area (Å²) in [5.74, 6) is 2.48. The highest BCUT2D eigenvalue weighted by Gasteiger charge is 2.41. The number of nitrogens with one attached hydrogen (secondary N) is 1. The number of rotatable bonds is 2. The van der Waals surface area contributed by atoms with Gasteiger partial charge >= 0.3 is 0 Å². The smallest absolute Gasteiger partial charge is 0.0795 e. The molecular formula is C16H23NOS3. The maximum atomic E-state index is 6.16. The summed E-state index contributed by atoms with van der Waals surface area (Å²) in [5.41, 5.74) is 1.73. The van der Waals surface area contributed by atoms with Crippen molar-refractivity contribution in [2.24, 2.45) is 0 Å². The molecule has 2 nitrogen and oxygen atoms in total. The highest BCUT2D eigenvalue weighted by molar-refractivity contribution is 8.01. The van der Waals surface area contributed by atoms with Crippen molar-refractivity contribution in [1.82, 2.24) is 5.32 Å². The number of ether oxygens (including phenoxy) is 1. The van der Waals surface area contributed by atoms with Crippen LogP contribution in [0.15, 0.2) is 15.7 Å². The first-order valence-electron chi connectivity index (χ1n) is 7.96. The molecule has 1 aromatic heterocycles. The standard InChI is InChI=1S/C16H23NOS3/c1-11-8-14(13-3-6-20-15(13)21-11)17-12-2-5-18-16(9-12)4-7-19-10-16/h3,6,11-12,14,17H,2,4-5,7-10H2,1H3/t11-,12+,14-,16+/m0/s1. The van der Waals surface area contributed by atoms with E-state index in [-0.39, 0.29) is 5.60 Å². The second-order valence-electron chi connectivity index (χ2n) is 6.57. The third-order valence-electron chi connectivity index (χ3n) is 4.91. The lowest BCUT2D eigenvalue weighted by Gasteiger charge is -2.40. The third kappa shape index (κ3) is 3.05. The summed E-state index contributed by atoms with van der Waals surface area (Å²) in [4.78, 5) is 0. The molecule has 1 N–H and O–H groups in total. The zero-order chi connectivity index (χ0) is 14.3. The van der Waals surface area contributed by atoms with E-state index in [0.717, 1.165) is 11.9 Å². The highest BCUT2D eigenvalue weighted by Crippen LogP contribution is 2.45. The van der Waals surface area contributed by atoms with E-state index in [2.05, 4.69) is 47.2 Å². The Morgan fingerprint density at radius 1 is 1.43 bits per heavy atom. The van der Waals surface area contributed by atoms with Gasteiger partial charge in [-0.15, -0.1) is 23.1 Å². The maximum absolute atomic E-state index is 6.16. The molecule has 0 bridgehead atoms. The fourth-order valence-corrected chi connectivity index (χ4v) is 7.77. The largest absolute Gasteiger partial charge is 0.374 e. The average molecular weight is 342 g/mol. The summed E-state index contributed by atoms with van der Waals surface area (Å²) in [6.07, 6.45) is 4.88. The lowest BCUT2D eigenvalue weighted by Crippen LogP contribution is -2.48. The predicted octanol–water partition coefficient (Wildman–Crippen LogP) is 4.32. The maximum Gasteiger partial charge on any atom is 0.0795 e. The molecule has 4 atom stereocenters. The lowest BCUT2D eigenvalue weighted by molar-refractivity contribution is -0.0715. The summed E-state index contributed by atoms with van der Waals surface area (Å²) in [6, 6.07) is 3.51. The number of fused-ring (bicyclic) bond motifs is 1. The van der Waals surface area contributed by atoms with Gasteiger partial charge in [-0.1, -0.05) is 6.92 Å². The molecule has 1 aromatic rings. The summed E-state index contributed by atoms with van der Waals surface area (Å²) >= 11 is 6.03. The molecule has 2 fully saturated rings. The van der Waals surface area contributed by atoms with Crippen molar-refractivity contribution in [3.8, 4) is 0 Å². The zero-order valence-electron chi connectivity index (χ0n) is 12.5. The van der Waals surface area contributed by atoms with Crippen LogP contribution in [-0.2, 0) is 4.74 Å². The van der Waals surface area contributed by atoms with Gasteiger partial charge < -0.3 is 10.1 Å². The van der Waals surface area contributed by atoms with E-state index in [0.29, 0.717) is 12.1 Å². The van der Waals surface area contributed by atoms with Gasteiger partial charge in [0.2, 0.25) is 0 Å². The van der Waals surface area contributed by atoms with Crippen molar-refractivity contribution < 1.29 is 4.74 Å². The Morgan fingerprint density at radius 2 is 2.38 bits per heavy atom. The van der Waals surface area contributed by atoms with E-state index >= 15 is 0 Å². The van der Waals surface area contributed by atoms with Gasteiger partial charge in [0.25, 0.3) is 0 Å². The van der Waals surface area contributed by atoms with Gasteiger partial charge in [0.05, 0.1) is 9.81 Å². The van der Waals surface area contributed by atoms with Crippen LogP contribution in [0.4, 0.5) is 0 Å². The summed E-state index contributed by atoms with van der Waals surface area (Å²) in [7, 11) is 0. The van der Waals surface area contributed by atoms with E-state index in [1.807, 2.05) is 11.3 Å². The highest BCUT2D eigenvalue weighted by atomic mass is 32.2. The van der Waals surface area contributed by atoms with Gasteiger partial charge in [-0.25, -0.2) is 0 Å². The van der Waals surface area contributed by atoms with Crippen LogP contribution >= 0.6 is 34.9 Å². The second-order valence-corrected chi connectivity index (χ2v) is 10.3. The van der Waals surface area contributed by atoms with Crippen LogP contribution in [0.1, 0.15) is 44.2 Å². The number of hydrogen-bond acceptors (Lipinski definition) is 5. The quantitative estimate of drug-likeness (QED) is 0.864.